The molecule has 0 aliphatic carbocycles. The van der Waals surface area contributed by atoms with Crippen LogP contribution >= 0.6 is 23.1 Å². The fourth-order valence-corrected chi connectivity index (χ4v) is 3.99. The van der Waals surface area contributed by atoms with Crippen LogP contribution in [0.25, 0.3) is 10.2 Å². The Balaban J connectivity index is 1.87. The summed E-state index contributed by atoms with van der Waals surface area (Å²) >= 11 is 2.71. The van der Waals surface area contributed by atoms with Crippen molar-refractivity contribution in [2.75, 3.05) is 5.75 Å². The largest absolute Gasteiger partial charge is 0.293 e. The molecule has 0 atom stereocenters. The molecule has 0 bridgehead atoms. The number of rotatable bonds is 6. The number of carbonyl (C=O) groups excluding carboxylic acids is 1. The summed E-state index contributed by atoms with van der Waals surface area (Å²) in [6.07, 6.45) is 1.66. The van der Waals surface area contributed by atoms with Gasteiger partial charge in [-0.1, -0.05) is 47.7 Å². The van der Waals surface area contributed by atoms with Crippen molar-refractivity contribution in [3.63, 3.8) is 0 Å². The second kappa shape index (κ2) is 7.15. The highest BCUT2D eigenvalue weighted by Gasteiger charge is 2.14. The first kappa shape index (κ1) is 16.7. The van der Waals surface area contributed by atoms with E-state index in [-0.39, 0.29) is 17.1 Å². The number of Topliss-reactive ketones (excluding diaryl/α,β-unsaturated/α-hetero) is 1. The minimum Gasteiger partial charge on any atom is -0.293 e. The molecule has 24 heavy (non-hydrogen) atoms. The Bertz CT molecular complexity index is 955. The lowest BCUT2D eigenvalue weighted by Gasteiger charge is -2.09. The number of fused-ring (bicyclic) bond motifs is 1. The molecule has 3 rings (SSSR count). The van der Waals surface area contributed by atoms with Gasteiger partial charge in [0.2, 0.25) is 0 Å². The van der Waals surface area contributed by atoms with Crippen LogP contribution in [-0.2, 0) is 6.54 Å². The fourth-order valence-electron chi connectivity index (χ4n) is 2.28. The summed E-state index contributed by atoms with van der Waals surface area (Å²) in [6.45, 7) is 6.05. The highest BCUT2D eigenvalue weighted by Crippen LogP contribution is 2.22. The van der Waals surface area contributed by atoms with Crippen LogP contribution in [0.1, 0.15) is 15.9 Å². The molecule has 2 heterocycles. The Morgan fingerprint density at radius 3 is 2.79 bits per heavy atom. The Morgan fingerprint density at radius 2 is 2.08 bits per heavy atom. The van der Waals surface area contributed by atoms with Gasteiger partial charge in [0.15, 0.2) is 10.9 Å². The van der Waals surface area contributed by atoms with Gasteiger partial charge < -0.3 is 0 Å². The lowest BCUT2D eigenvalue weighted by Crippen LogP contribution is -2.22. The molecule has 6 heteroatoms. The molecule has 0 saturated carbocycles. The topological polar surface area (TPSA) is 52.0 Å². The summed E-state index contributed by atoms with van der Waals surface area (Å²) in [6, 6.07) is 9.26. The van der Waals surface area contributed by atoms with Crippen molar-refractivity contribution in [3.05, 3.63) is 69.8 Å². The summed E-state index contributed by atoms with van der Waals surface area (Å²) in [7, 11) is 0. The molecular formula is C18H16N2O2S2. The molecule has 0 aliphatic rings. The SMILES string of the molecule is C=CCn1c(SCC(=O)c2ccc(C)cc2)nc2sccc2c1=O. The maximum Gasteiger partial charge on any atom is 0.263 e. The van der Waals surface area contributed by atoms with E-state index in [1.807, 2.05) is 36.6 Å². The summed E-state index contributed by atoms with van der Waals surface area (Å²) < 4.78 is 1.56. The molecule has 0 saturated heterocycles. The van der Waals surface area contributed by atoms with Gasteiger partial charge in [0.05, 0.1) is 11.1 Å². The second-order valence-corrected chi connectivity index (χ2v) is 7.15. The van der Waals surface area contributed by atoms with Gasteiger partial charge in [0.25, 0.3) is 5.56 Å². The molecule has 0 amide bonds. The molecule has 2 aromatic heterocycles. The molecule has 0 fully saturated rings. The minimum atomic E-state index is -0.0913. The zero-order chi connectivity index (χ0) is 17.1. The number of carbonyl (C=O) groups is 1. The summed E-state index contributed by atoms with van der Waals surface area (Å²) in [4.78, 5) is 30.1. The zero-order valence-electron chi connectivity index (χ0n) is 13.2. The van der Waals surface area contributed by atoms with E-state index in [4.69, 9.17) is 0 Å². The van der Waals surface area contributed by atoms with Crippen molar-refractivity contribution >= 4 is 39.1 Å². The first-order chi connectivity index (χ1) is 11.6. The van der Waals surface area contributed by atoms with E-state index in [1.54, 1.807) is 16.7 Å². The monoisotopic (exact) mass is 356 g/mol. The third-order valence-corrected chi connectivity index (χ3v) is 5.35. The molecule has 0 N–H and O–H groups in total. The van der Waals surface area contributed by atoms with E-state index in [2.05, 4.69) is 11.6 Å². The van der Waals surface area contributed by atoms with Crippen LogP contribution in [0.3, 0.4) is 0 Å². The quantitative estimate of drug-likeness (QED) is 0.291. The van der Waals surface area contributed by atoms with Crippen LogP contribution in [0.15, 0.2) is 58.3 Å². The first-order valence-electron chi connectivity index (χ1n) is 7.41. The van der Waals surface area contributed by atoms with E-state index in [1.165, 1.54) is 23.1 Å². The van der Waals surface area contributed by atoms with Crippen LogP contribution < -0.4 is 5.56 Å². The summed E-state index contributed by atoms with van der Waals surface area (Å²) in [5.41, 5.74) is 1.69. The molecule has 0 aliphatic heterocycles. The lowest BCUT2D eigenvalue weighted by atomic mass is 10.1. The smallest absolute Gasteiger partial charge is 0.263 e. The predicted molar refractivity (Wildman–Crippen MR) is 100 cm³/mol. The van der Waals surface area contributed by atoms with Crippen LogP contribution in [0, 0.1) is 6.92 Å². The number of nitrogens with zero attached hydrogens (tertiary/aromatic N) is 2. The Labute approximate surface area is 147 Å². The number of thioether (sulfide) groups is 1. The maximum atomic E-state index is 12.5. The van der Waals surface area contributed by atoms with Crippen LogP contribution in [0.4, 0.5) is 0 Å². The summed E-state index contributed by atoms with van der Waals surface area (Å²) in [5, 5.41) is 3.01. The lowest BCUT2D eigenvalue weighted by molar-refractivity contribution is 0.102. The van der Waals surface area contributed by atoms with Crippen molar-refractivity contribution < 1.29 is 4.79 Å². The zero-order valence-corrected chi connectivity index (χ0v) is 14.8. The number of hydrogen-bond acceptors (Lipinski definition) is 5. The van der Waals surface area contributed by atoms with Gasteiger partial charge in [-0.25, -0.2) is 4.98 Å². The third-order valence-electron chi connectivity index (χ3n) is 3.57. The van der Waals surface area contributed by atoms with Crippen LogP contribution in [-0.4, -0.2) is 21.1 Å². The highest BCUT2D eigenvalue weighted by molar-refractivity contribution is 7.99. The number of ketones is 1. The fraction of sp³-hybridized carbons (Fsp3) is 0.167. The van der Waals surface area contributed by atoms with Gasteiger partial charge in [0, 0.05) is 12.1 Å². The van der Waals surface area contributed by atoms with Gasteiger partial charge in [-0.05, 0) is 18.4 Å². The molecular weight excluding hydrogens is 340 g/mol. The number of allylic oxidation sites excluding steroid dienone is 1. The average molecular weight is 356 g/mol. The highest BCUT2D eigenvalue weighted by atomic mass is 32.2. The van der Waals surface area contributed by atoms with Crippen molar-refractivity contribution in [1.82, 2.24) is 9.55 Å². The average Bonchev–Trinajstić information content (AvgIpc) is 3.05. The predicted octanol–water partition coefficient (Wildman–Crippen LogP) is 3.93. The second-order valence-electron chi connectivity index (χ2n) is 5.32. The van der Waals surface area contributed by atoms with Crippen molar-refractivity contribution in [3.8, 4) is 0 Å². The molecule has 3 aromatic rings. The molecule has 0 radical (unpaired) electrons. The number of benzene rings is 1. The van der Waals surface area contributed by atoms with Crippen molar-refractivity contribution in [2.45, 2.75) is 18.6 Å². The third kappa shape index (κ3) is 3.34. The van der Waals surface area contributed by atoms with Gasteiger partial charge in [-0.2, -0.15) is 0 Å². The van der Waals surface area contributed by atoms with Gasteiger partial charge in [-0.15, -0.1) is 17.9 Å². The normalized spacial score (nSPS) is 10.9. The van der Waals surface area contributed by atoms with E-state index in [0.29, 0.717) is 27.5 Å². The minimum absolute atomic E-state index is 0.0191. The number of aryl methyl sites for hydroxylation is 1. The van der Waals surface area contributed by atoms with E-state index in [0.717, 1.165) is 5.56 Å². The molecule has 122 valence electrons. The van der Waals surface area contributed by atoms with Crippen molar-refractivity contribution in [2.24, 2.45) is 0 Å². The first-order valence-corrected chi connectivity index (χ1v) is 9.28. The Kier molecular flexibility index (Phi) is 4.97. The van der Waals surface area contributed by atoms with Crippen LogP contribution in [0.2, 0.25) is 0 Å². The van der Waals surface area contributed by atoms with E-state index < -0.39 is 0 Å². The van der Waals surface area contributed by atoms with Crippen LogP contribution in [0.5, 0.6) is 0 Å². The van der Waals surface area contributed by atoms with Crippen molar-refractivity contribution in [1.29, 1.82) is 0 Å². The standard InChI is InChI=1S/C18H16N2O2S2/c1-3-9-20-17(22)14-8-10-23-16(14)19-18(20)24-11-15(21)13-6-4-12(2)5-7-13/h3-8,10H,1,9,11H2,2H3. The number of thiophene rings is 1. The molecule has 0 unspecified atom stereocenters. The Hall–Kier alpha value is -2.18. The van der Waals surface area contributed by atoms with E-state index in [9.17, 15) is 9.59 Å². The molecule has 1 aromatic carbocycles. The van der Waals surface area contributed by atoms with E-state index >= 15 is 0 Å². The van der Waals surface area contributed by atoms with Gasteiger partial charge in [0.1, 0.15) is 4.83 Å². The number of aromatic nitrogens is 2. The maximum absolute atomic E-state index is 12.5. The Morgan fingerprint density at radius 1 is 1.33 bits per heavy atom. The van der Waals surface area contributed by atoms with Gasteiger partial charge >= 0.3 is 0 Å². The van der Waals surface area contributed by atoms with Gasteiger partial charge in [-0.3, -0.25) is 14.2 Å². The summed E-state index contributed by atoms with van der Waals surface area (Å²) in [5.74, 6) is 0.259. The molecule has 0 spiro atoms. The molecule has 4 nitrogen and oxygen atoms in total. The number of hydrogen-bond donors (Lipinski definition) is 0.